The third kappa shape index (κ3) is 4.95. The minimum atomic E-state index is -1.25. The molecule has 120 valence electrons. The van der Waals surface area contributed by atoms with Gasteiger partial charge in [-0.1, -0.05) is 30.3 Å². The summed E-state index contributed by atoms with van der Waals surface area (Å²) < 4.78 is 10.1. The van der Waals surface area contributed by atoms with Gasteiger partial charge in [-0.15, -0.1) is 0 Å². The van der Waals surface area contributed by atoms with Crippen molar-refractivity contribution >= 4 is 12.2 Å². The molecule has 0 atom stereocenters. The van der Waals surface area contributed by atoms with Gasteiger partial charge in [-0.05, 0) is 38.2 Å². The number of carbonyl (C=O) groups excluding carboxylic acids is 1. The van der Waals surface area contributed by atoms with Gasteiger partial charge < -0.3 is 19.9 Å². The van der Waals surface area contributed by atoms with Crippen LogP contribution in [0.1, 0.15) is 38.2 Å². The van der Waals surface area contributed by atoms with Gasteiger partial charge in [-0.2, -0.15) is 0 Å². The Kier molecular flexibility index (Phi) is 5.25. The molecule has 1 aromatic rings. The number of hydrogen-bond donors (Lipinski definition) is 2. The Balaban J connectivity index is 1.71. The molecule has 0 unspecified atom stereocenters. The van der Waals surface area contributed by atoms with Gasteiger partial charge in [-0.3, -0.25) is 0 Å². The number of hydrogen-bond acceptors (Lipinski definition) is 4. The fourth-order valence-corrected chi connectivity index (χ4v) is 2.62. The SMILES string of the molecule is CC1(OC(=O)O)CCC(NC(=O)OCc2ccccc2)CC1. The number of alkyl carbamates (subject to hydrolysis) is 1. The first-order chi connectivity index (χ1) is 10.5. The fraction of sp³-hybridized carbons (Fsp3) is 0.500. The number of rotatable bonds is 4. The predicted molar refractivity (Wildman–Crippen MR) is 79.5 cm³/mol. The van der Waals surface area contributed by atoms with Crippen LogP contribution < -0.4 is 5.32 Å². The summed E-state index contributed by atoms with van der Waals surface area (Å²) in [6.45, 7) is 2.02. The van der Waals surface area contributed by atoms with E-state index < -0.39 is 17.8 Å². The molecule has 0 aliphatic heterocycles. The van der Waals surface area contributed by atoms with Gasteiger partial charge in [0.2, 0.25) is 0 Å². The van der Waals surface area contributed by atoms with Crippen LogP contribution in [-0.2, 0) is 16.1 Å². The molecule has 0 aromatic heterocycles. The van der Waals surface area contributed by atoms with Gasteiger partial charge in [0.05, 0.1) is 0 Å². The van der Waals surface area contributed by atoms with Crippen LogP contribution in [0.5, 0.6) is 0 Å². The number of amides is 1. The Morgan fingerprint density at radius 2 is 1.91 bits per heavy atom. The van der Waals surface area contributed by atoms with Crippen molar-refractivity contribution < 1.29 is 24.2 Å². The minimum absolute atomic E-state index is 0.00579. The van der Waals surface area contributed by atoms with Crippen LogP contribution in [-0.4, -0.2) is 29.0 Å². The second kappa shape index (κ2) is 7.15. The van der Waals surface area contributed by atoms with E-state index in [9.17, 15) is 9.59 Å². The van der Waals surface area contributed by atoms with Crippen LogP contribution in [0.4, 0.5) is 9.59 Å². The topological polar surface area (TPSA) is 84.9 Å². The molecule has 1 aromatic carbocycles. The first-order valence-corrected chi connectivity index (χ1v) is 7.36. The molecule has 1 amide bonds. The molecular formula is C16H21NO5. The maximum atomic E-state index is 11.8. The second-order valence-corrected chi connectivity index (χ2v) is 5.80. The lowest BCUT2D eigenvalue weighted by Crippen LogP contribution is -2.44. The number of carboxylic acid groups (broad SMARTS) is 1. The van der Waals surface area contributed by atoms with E-state index in [1.807, 2.05) is 30.3 Å². The highest BCUT2D eigenvalue weighted by Gasteiger charge is 2.35. The van der Waals surface area contributed by atoms with Crippen molar-refractivity contribution in [1.82, 2.24) is 5.32 Å². The van der Waals surface area contributed by atoms with Crippen LogP contribution in [0, 0.1) is 0 Å². The first kappa shape index (κ1) is 16.1. The van der Waals surface area contributed by atoms with Crippen molar-refractivity contribution in [3.05, 3.63) is 35.9 Å². The van der Waals surface area contributed by atoms with Crippen LogP contribution >= 0.6 is 0 Å². The van der Waals surface area contributed by atoms with Gasteiger partial charge >= 0.3 is 12.2 Å². The standard InChI is InChI=1S/C16H21NO5/c1-16(22-15(19)20)9-7-13(8-10-16)17-14(18)21-11-12-5-3-2-4-6-12/h2-6,13H,7-11H2,1H3,(H,17,18)(H,19,20). The van der Waals surface area contributed by atoms with E-state index >= 15 is 0 Å². The van der Waals surface area contributed by atoms with Gasteiger partial charge in [0.1, 0.15) is 12.2 Å². The summed E-state index contributed by atoms with van der Waals surface area (Å²) >= 11 is 0. The molecule has 0 bridgehead atoms. The summed E-state index contributed by atoms with van der Waals surface area (Å²) in [5.41, 5.74) is 0.279. The van der Waals surface area contributed by atoms with Crippen LogP contribution in [0.2, 0.25) is 0 Å². The van der Waals surface area contributed by atoms with Gasteiger partial charge in [-0.25, -0.2) is 9.59 Å². The molecule has 1 fully saturated rings. The summed E-state index contributed by atoms with van der Waals surface area (Å²) in [6.07, 6.45) is 0.813. The summed E-state index contributed by atoms with van der Waals surface area (Å²) in [6, 6.07) is 9.46. The molecule has 22 heavy (non-hydrogen) atoms. The third-order valence-electron chi connectivity index (χ3n) is 3.91. The average molecular weight is 307 g/mol. The Morgan fingerprint density at radius 1 is 1.27 bits per heavy atom. The van der Waals surface area contributed by atoms with Crippen molar-refractivity contribution in [2.45, 2.75) is 50.9 Å². The van der Waals surface area contributed by atoms with Crippen LogP contribution in [0.25, 0.3) is 0 Å². The quantitative estimate of drug-likeness (QED) is 0.834. The van der Waals surface area contributed by atoms with Crippen molar-refractivity contribution in [3.8, 4) is 0 Å². The van der Waals surface area contributed by atoms with Gasteiger partial charge in [0, 0.05) is 6.04 Å². The molecule has 0 spiro atoms. The monoisotopic (exact) mass is 307 g/mol. The normalized spacial score (nSPS) is 24.3. The predicted octanol–water partition coefficient (Wildman–Crippen LogP) is 3.31. The van der Waals surface area contributed by atoms with E-state index in [-0.39, 0.29) is 12.6 Å². The smallest absolute Gasteiger partial charge is 0.450 e. The van der Waals surface area contributed by atoms with E-state index in [2.05, 4.69) is 5.32 Å². The zero-order valence-electron chi connectivity index (χ0n) is 12.6. The molecule has 6 nitrogen and oxygen atoms in total. The molecule has 1 saturated carbocycles. The Morgan fingerprint density at radius 3 is 2.50 bits per heavy atom. The second-order valence-electron chi connectivity index (χ2n) is 5.80. The van der Waals surface area contributed by atoms with Crippen molar-refractivity contribution in [2.24, 2.45) is 0 Å². The summed E-state index contributed by atoms with van der Waals surface area (Å²) in [5.74, 6) is 0. The molecule has 0 heterocycles. The Bertz CT molecular complexity index is 509. The average Bonchev–Trinajstić information content (AvgIpc) is 2.48. The highest BCUT2D eigenvalue weighted by Crippen LogP contribution is 2.31. The lowest BCUT2D eigenvalue weighted by atomic mass is 9.83. The largest absolute Gasteiger partial charge is 0.506 e. The highest BCUT2D eigenvalue weighted by atomic mass is 16.7. The van der Waals surface area contributed by atoms with Crippen LogP contribution in [0.15, 0.2) is 30.3 Å². The maximum Gasteiger partial charge on any atom is 0.506 e. The lowest BCUT2D eigenvalue weighted by Gasteiger charge is -2.35. The van der Waals surface area contributed by atoms with Crippen molar-refractivity contribution in [2.75, 3.05) is 0 Å². The maximum absolute atomic E-state index is 11.8. The number of carbonyl (C=O) groups is 2. The number of nitrogens with one attached hydrogen (secondary N) is 1. The first-order valence-electron chi connectivity index (χ1n) is 7.36. The van der Waals surface area contributed by atoms with Crippen molar-refractivity contribution in [1.29, 1.82) is 0 Å². The molecule has 1 aliphatic rings. The molecule has 0 radical (unpaired) electrons. The van der Waals surface area contributed by atoms with Gasteiger partial charge in [0.25, 0.3) is 0 Å². The van der Waals surface area contributed by atoms with Crippen LogP contribution in [0.3, 0.4) is 0 Å². The third-order valence-corrected chi connectivity index (χ3v) is 3.91. The summed E-state index contributed by atoms with van der Waals surface area (Å²) in [4.78, 5) is 22.4. The molecule has 1 aliphatic carbocycles. The summed E-state index contributed by atoms with van der Waals surface area (Å²) in [7, 11) is 0. The fourth-order valence-electron chi connectivity index (χ4n) is 2.62. The minimum Gasteiger partial charge on any atom is -0.450 e. The van der Waals surface area contributed by atoms with E-state index in [1.54, 1.807) is 6.92 Å². The van der Waals surface area contributed by atoms with E-state index in [1.165, 1.54) is 0 Å². The number of benzene rings is 1. The molecule has 2 rings (SSSR count). The zero-order valence-corrected chi connectivity index (χ0v) is 12.6. The molecule has 0 saturated heterocycles. The Hall–Kier alpha value is -2.24. The number of ether oxygens (including phenoxy) is 2. The van der Waals surface area contributed by atoms with Crippen molar-refractivity contribution in [3.63, 3.8) is 0 Å². The van der Waals surface area contributed by atoms with E-state index in [4.69, 9.17) is 14.6 Å². The Labute approximate surface area is 129 Å². The summed E-state index contributed by atoms with van der Waals surface area (Å²) in [5, 5.41) is 11.5. The zero-order chi connectivity index (χ0) is 16.0. The van der Waals surface area contributed by atoms with E-state index in [0.29, 0.717) is 25.7 Å². The molecule has 2 N–H and O–H groups in total. The molecular weight excluding hydrogens is 286 g/mol. The lowest BCUT2D eigenvalue weighted by molar-refractivity contribution is -0.0336. The van der Waals surface area contributed by atoms with E-state index in [0.717, 1.165) is 5.56 Å². The highest BCUT2D eigenvalue weighted by molar-refractivity contribution is 5.67. The molecule has 6 heteroatoms. The van der Waals surface area contributed by atoms with Gasteiger partial charge in [0.15, 0.2) is 0 Å².